The van der Waals surface area contributed by atoms with Gasteiger partial charge in [0.15, 0.2) is 0 Å². The van der Waals surface area contributed by atoms with E-state index in [0.717, 1.165) is 12.0 Å². The zero-order chi connectivity index (χ0) is 19.4. The summed E-state index contributed by atoms with van der Waals surface area (Å²) in [5, 5.41) is 20.2. The minimum absolute atomic E-state index is 0.252. The van der Waals surface area contributed by atoms with Crippen LogP contribution in [-0.2, 0) is 9.53 Å². The van der Waals surface area contributed by atoms with E-state index < -0.39 is 12.2 Å². The zero-order valence-electron chi connectivity index (χ0n) is 16.4. The number of methoxy groups -OCH3 is 1. The van der Waals surface area contributed by atoms with Gasteiger partial charge in [-0.2, -0.15) is 0 Å². The van der Waals surface area contributed by atoms with Crippen molar-refractivity contribution in [1.29, 1.82) is 0 Å². The van der Waals surface area contributed by atoms with Crippen LogP contribution in [-0.4, -0.2) is 35.5 Å². The Hall–Kier alpha value is -1.65. The molecule has 0 saturated carbocycles. The molecule has 1 unspecified atom stereocenters. The fourth-order valence-electron chi connectivity index (χ4n) is 3.03. The predicted octanol–water partition coefficient (Wildman–Crippen LogP) is 4.45. The molecule has 0 aliphatic rings. The van der Waals surface area contributed by atoms with Crippen molar-refractivity contribution < 1.29 is 19.7 Å². The van der Waals surface area contributed by atoms with Crippen molar-refractivity contribution in [3.05, 3.63) is 41.5 Å². The lowest BCUT2D eigenvalue weighted by Crippen LogP contribution is -2.23. The summed E-state index contributed by atoms with van der Waals surface area (Å²) >= 11 is 0. The molecule has 4 heteroatoms. The summed E-state index contributed by atoms with van der Waals surface area (Å²) in [5.41, 5.74) is 2.35. The Labute approximate surface area is 157 Å². The molecule has 0 aliphatic heterocycles. The first-order chi connectivity index (χ1) is 12.5. The topological polar surface area (TPSA) is 66.8 Å². The minimum Gasteiger partial charge on any atom is -0.469 e. The Morgan fingerprint density at radius 1 is 1.15 bits per heavy atom. The van der Waals surface area contributed by atoms with E-state index >= 15 is 0 Å². The van der Waals surface area contributed by atoms with E-state index in [-0.39, 0.29) is 12.4 Å². The second-order valence-electron chi connectivity index (χ2n) is 6.91. The molecule has 0 amide bonds. The van der Waals surface area contributed by atoms with E-state index in [4.69, 9.17) is 0 Å². The normalized spacial score (nSPS) is 15.0. The van der Waals surface area contributed by atoms with Crippen LogP contribution in [0.5, 0.6) is 0 Å². The summed E-state index contributed by atoms with van der Waals surface area (Å²) in [6.45, 7) is 4.44. The van der Waals surface area contributed by atoms with Crippen LogP contribution in [0, 0.1) is 0 Å². The highest BCUT2D eigenvalue weighted by Gasteiger charge is 2.14. The first-order valence-corrected chi connectivity index (χ1v) is 9.69. The molecule has 0 radical (unpaired) electrons. The summed E-state index contributed by atoms with van der Waals surface area (Å²) in [7, 11) is 1.34. The summed E-state index contributed by atoms with van der Waals surface area (Å²) in [5.74, 6) is 0.165. The van der Waals surface area contributed by atoms with Gasteiger partial charge in [-0.3, -0.25) is 4.79 Å². The van der Waals surface area contributed by atoms with Crippen LogP contribution < -0.4 is 0 Å². The van der Waals surface area contributed by atoms with Gasteiger partial charge in [-0.15, -0.1) is 0 Å². The van der Waals surface area contributed by atoms with E-state index in [1.54, 1.807) is 6.08 Å². The van der Waals surface area contributed by atoms with Gasteiger partial charge >= 0.3 is 5.97 Å². The predicted molar refractivity (Wildman–Crippen MR) is 106 cm³/mol. The molecule has 146 valence electrons. The molecule has 0 saturated heterocycles. The summed E-state index contributed by atoms with van der Waals surface area (Å²) in [4.78, 5) is 11.1. The highest BCUT2D eigenvalue weighted by Crippen LogP contribution is 2.26. The number of aliphatic hydroxyl groups excluding tert-OH is 2. The lowest BCUT2D eigenvalue weighted by atomic mass is 9.91. The lowest BCUT2D eigenvalue weighted by molar-refractivity contribution is -0.140. The maximum Gasteiger partial charge on any atom is 0.305 e. The van der Waals surface area contributed by atoms with Gasteiger partial charge in [-0.05, 0) is 36.3 Å². The van der Waals surface area contributed by atoms with Crippen LogP contribution in [0.2, 0.25) is 0 Å². The van der Waals surface area contributed by atoms with E-state index in [2.05, 4.69) is 24.7 Å². The van der Waals surface area contributed by atoms with Gasteiger partial charge in [0.05, 0.1) is 19.3 Å². The molecule has 2 N–H and O–H groups in total. The Morgan fingerprint density at radius 3 is 2.58 bits per heavy atom. The first kappa shape index (κ1) is 22.4. The van der Waals surface area contributed by atoms with Gasteiger partial charge in [-0.25, -0.2) is 0 Å². The van der Waals surface area contributed by atoms with Crippen LogP contribution in [0.1, 0.15) is 75.8 Å². The molecule has 1 aromatic rings. The highest BCUT2D eigenvalue weighted by atomic mass is 16.5. The fraction of sp³-hybridized carbons (Fsp3) is 0.591. The summed E-state index contributed by atoms with van der Waals surface area (Å²) in [6.07, 6.45) is 7.63. The lowest BCUT2D eigenvalue weighted by Gasteiger charge is -2.16. The summed E-state index contributed by atoms with van der Waals surface area (Å²) in [6, 6.07) is 8.20. The monoisotopic (exact) mass is 362 g/mol. The van der Waals surface area contributed by atoms with Crippen molar-refractivity contribution in [2.45, 2.75) is 76.9 Å². The molecule has 0 spiro atoms. The Bertz CT molecular complexity index is 553. The van der Waals surface area contributed by atoms with E-state index in [9.17, 15) is 15.0 Å². The molecular weight excluding hydrogens is 328 g/mol. The number of carbonyl (C=O) groups is 1. The fourth-order valence-corrected chi connectivity index (χ4v) is 3.03. The number of rotatable bonds is 12. The Kier molecular flexibility index (Phi) is 10.9. The smallest absolute Gasteiger partial charge is 0.305 e. The summed E-state index contributed by atoms with van der Waals surface area (Å²) < 4.78 is 4.57. The number of unbranched alkanes of at least 4 members (excludes halogenated alkanes) is 2. The third-order valence-electron chi connectivity index (χ3n) is 4.74. The SMILES string of the molecule is CCCCCC(C)c1ccccc1/C=C/[C@@H](O)[C@@H](O)CCCC(=O)OC. The van der Waals surface area contributed by atoms with Gasteiger partial charge in [0, 0.05) is 6.42 Å². The van der Waals surface area contributed by atoms with Crippen molar-refractivity contribution in [2.75, 3.05) is 7.11 Å². The van der Waals surface area contributed by atoms with Gasteiger partial charge in [0.25, 0.3) is 0 Å². The third-order valence-corrected chi connectivity index (χ3v) is 4.74. The number of carbonyl (C=O) groups excluding carboxylic acids is 1. The van der Waals surface area contributed by atoms with E-state index in [1.807, 2.05) is 24.3 Å². The molecule has 0 heterocycles. The van der Waals surface area contributed by atoms with Gasteiger partial charge in [-0.1, -0.05) is 69.5 Å². The van der Waals surface area contributed by atoms with E-state index in [1.165, 1.54) is 31.9 Å². The Balaban J connectivity index is 2.62. The number of aliphatic hydroxyl groups is 2. The van der Waals surface area contributed by atoms with Crippen LogP contribution in [0.3, 0.4) is 0 Å². The van der Waals surface area contributed by atoms with Crippen molar-refractivity contribution in [1.82, 2.24) is 0 Å². The molecule has 0 bridgehead atoms. The minimum atomic E-state index is -0.948. The van der Waals surface area contributed by atoms with Gasteiger partial charge in [0.2, 0.25) is 0 Å². The van der Waals surface area contributed by atoms with Crippen LogP contribution in [0.25, 0.3) is 6.08 Å². The number of esters is 1. The number of hydrogen-bond acceptors (Lipinski definition) is 4. The molecule has 1 rings (SSSR count). The first-order valence-electron chi connectivity index (χ1n) is 9.69. The van der Waals surface area contributed by atoms with Crippen molar-refractivity contribution in [3.63, 3.8) is 0 Å². The molecule has 3 atom stereocenters. The standard InChI is InChI=1S/C22H34O4/c1-4-5-6-10-17(2)19-12-8-7-11-18(19)15-16-21(24)20(23)13-9-14-22(25)26-3/h7-8,11-12,15-17,20-21,23-24H,4-6,9-10,13-14H2,1-3H3/b16-15+/t17?,20-,21+/m0/s1. The second-order valence-corrected chi connectivity index (χ2v) is 6.91. The quantitative estimate of drug-likeness (QED) is 0.426. The average molecular weight is 363 g/mol. The molecule has 1 aromatic carbocycles. The molecule has 4 nitrogen and oxygen atoms in total. The highest BCUT2D eigenvalue weighted by molar-refractivity contribution is 5.69. The van der Waals surface area contributed by atoms with E-state index in [0.29, 0.717) is 18.8 Å². The zero-order valence-corrected chi connectivity index (χ0v) is 16.4. The average Bonchev–Trinajstić information content (AvgIpc) is 2.66. The van der Waals surface area contributed by atoms with Gasteiger partial charge < -0.3 is 14.9 Å². The molecular formula is C22H34O4. The number of hydrogen-bond donors (Lipinski definition) is 2. The molecule has 0 aromatic heterocycles. The molecule has 0 aliphatic carbocycles. The molecule has 0 fully saturated rings. The van der Waals surface area contributed by atoms with Crippen LogP contribution >= 0.6 is 0 Å². The largest absolute Gasteiger partial charge is 0.469 e. The number of benzene rings is 1. The maximum atomic E-state index is 11.1. The van der Waals surface area contributed by atoms with Crippen molar-refractivity contribution in [2.24, 2.45) is 0 Å². The second kappa shape index (κ2) is 12.7. The maximum absolute atomic E-state index is 11.1. The van der Waals surface area contributed by atoms with Crippen LogP contribution in [0.15, 0.2) is 30.3 Å². The van der Waals surface area contributed by atoms with Crippen LogP contribution in [0.4, 0.5) is 0 Å². The third kappa shape index (κ3) is 8.15. The van der Waals surface area contributed by atoms with Crippen molar-refractivity contribution in [3.8, 4) is 0 Å². The van der Waals surface area contributed by atoms with Gasteiger partial charge in [0.1, 0.15) is 0 Å². The molecule has 26 heavy (non-hydrogen) atoms. The van der Waals surface area contributed by atoms with Crippen molar-refractivity contribution >= 4 is 12.0 Å². The Morgan fingerprint density at radius 2 is 1.88 bits per heavy atom. The number of ether oxygens (including phenoxy) is 1.